The van der Waals surface area contributed by atoms with E-state index in [9.17, 15) is 9.59 Å². The number of hydrogen-bond acceptors (Lipinski definition) is 5. The third-order valence-electron chi connectivity index (χ3n) is 5.89. The Morgan fingerprint density at radius 1 is 1.03 bits per heavy atom. The Hall–Kier alpha value is -2.70. The van der Waals surface area contributed by atoms with E-state index in [0.29, 0.717) is 26.1 Å². The molecule has 29 heavy (non-hydrogen) atoms. The first kappa shape index (κ1) is 19.6. The third-order valence-corrected chi connectivity index (χ3v) is 5.89. The average Bonchev–Trinajstić information content (AvgIpc) is 3.09. The summed E-state index contributed by atoms with van der Waals surface area (Å²) in [5, 5.41) is 0. The third kappa shape index (κ3) is 3.78. The van der Waals surface area contributed by atoms with Crippen molar-refractivity contribution in [2.45, 2.75) is 39.7 Å². The van der Waals surface area contributed by atoms with Crippen LogP contribution in [0.3, 0.4) is 0 Å². The molecule has 0 spiro atoms. The van der Waals surface area contributed by atoms with Gasteiger partial charge in [-0.3, -0.25) is 9.59 Å². The monoisotopic (exact) mass is 395 g/mol. The summed E-state index contributed by atoms with van der Waals surface area (Å²) in [7, 11) is 0. The van der Waals surface area contributed by atoms with Gasteiger partial charge in [0.1, 0.15) is 0 Å². The van der Waals surface area contributed by atoms with Crippen LogP contribution in [0.4, 0.5) is 5.82 Å². The maximum absolute atomic E-state index is 13.0. The number of likely N-dealkylation sites (tertiary alicyclic amines) is 1. The summed E-state index contributed by atoms with van der Waals surface area (Å²) in [6, 6.07) is 7.88. The van der Waals surface area contributed by atoms with Crippen LogP contribution in [0.15, 0.2) is 24.3 Å². The molecule has 0 radical (unpaired) electrons. The number of anilines is 1. The summed E-state index contributed by atoms with van der Waals surface area (Å²) in [5.74, 6) is 0.851. The van der Waals surface area contributed by atoms with Gasteiger partial charge in [0.15, 0.2) is 5.82 Å². The highest BCUT2D eigenvalue weighted by atomic mass is 16.2. The minimum absolute atomic E-state index is 0.0801. The maximum Gasteiger partial charge on any atom is 0.228 e. The first-order chi connectivity index (χ1) is 13.7. The van der Waals surface area contributed by atoms with Gasteiger partial charge in [-0.25, -0.2) is 9.97 Å². The van der Waals surface area contributed by atoms with Crippen molar-refractivity contribution in [2.24, 2.45) is 5.92 Å². The zero-order valence-electron chi connectivity index (χ0n) is 17.7. The van der Waals surface area contributed by atoms with E-state index in [2.05, 4.69) is 9.88 Å². The molecule has 0 N–H and O–H groups in total. The van der Waals surface area contributed by atoms with Crippen LogP contribution in [0.2, 0.25) is 0 Å². The van der Waals surface area contributed by atoms with E-state index in [-0.39, 0.29) is 23.3 Å². The zero-order chi connectivity index (χ0) is 20.8. The summed E-state index contributed by atoms with van der Waals surface area (Å²) >= 11 is 0. The van der Waals surface area contributed by atoms with E-state index in [1.807, 2.05) is 61.8 Å². The number of carbonyl (C=O) groups excluding carboxylic acids is 2. The highest BCUT2D eigenvalue weighted by molar-refractivity contribution is 5.89. The number of aryl methyl sites for hydroxylation is 1. The molecule has 1 atom stereocenters. The average molecular weight is 396 g/mol. The molecule has 2 fully saturated rings. The summed E-state index contributed by atoms with van der Waals surface area (Å²) in [4.78, 5) is 40.8. The fourth-order valence-electron chi connectivity index (χ4n) is 4.30. The SMILES string of the molecule is Cc1nc2ccccc2nc1N1CCN(C(=O)C2CC(=O)N(C(C)(C)C)C2)CC1. The molecule has 154 valence electrons. The highest BCUT2D eigenvalue weighted by Crippen LogP contribution is 2.28. The van der Waals surface area contributed by atoms with Crippen molar-refractivity contribution in [3.63, 3.8) is 0 Å². The smallest absolute Gasteiger partial charge is 0.228 e. The van der Waals surface area contributed by atoms with Crippen LogP contribution in [0.5, 0.6) is 0 Å². The lowest BCUT2D eigenvalue weighted by molar-refractivity contribution is -0.136. The number of amides is 2. The van der Waals surface area contributed by atoms with Gasteiger partial charge in [0.25, 0.3) is 0 Å². The second kappa shape index (κ2) is 7.28. The lowest BCUT2D eigenvalue weighted by Crippen LogP contribution is -2.51. The van der Waals surface area contributed by atoms with Crippen molar-refractivity contribution in [1.29, 1.82) is 0 Å². The van der Waals surface area contributed by atoms with E-state index in [1.54, 1.807) is 0 Å². The Labute approximate surface area is 171 Å². The molecular weight excluding hydrogens is 366 g/mol. The molecule has 0 bridgehead atoms. The standard InChI is InChI=1S/C22H29N5O2/c1-15-20(24-18-8-6-5-7-17(18)23-15)25-9-11-26(12-10-25)21(29)16-13-19(28)27(14-16)22(2,3)4/h5-8,16H,9-14H2,1-4H3. The molecule has 1 aromatic heterocycles. The topological polar surface area (TPSA) is 69.6 Å². The second-order valence-electron chi connectivity index (χ2n) is 9.01. The minimum Gasteiger partial charge on any atom is -0.352 e. The highest BCUT2D eigenvalue weighted by Gasteiger charge is 2.41. The Morgan fingerprint density at radius 2 is 1.66 bits per heavy atom. The van der Waals surface area contributed by atoms with Crippen molar-refractivity contribution < 1.29 is 9.59 Å². The Balaban J connectivity index is 1.42. The predicted molar refractivity (Wildman–Crippen MR) is 113 cm³/mol. The van der Waals surface area contributed by atoms with Crippen molar-refractivity contribution >= 4 is 28.7 Å². The number of aromatic nitrogens is 2. The number of para-hydroxylation sites is 2. The summed E-state index contributed by atoms with van der Waals surface area (Å²) in [5.41, 5.74) is 2.46. The van der Waals surface area contributed by atoms with Gasteiger partial charge >= 0.3 is 0 Å². The number of rotatable bonds is 2. The minimum atomic E-state index is -0.239. The molecule has 2 aliphatic heterocycles. The first-order valence-electron chi connectivity index (χ1n) is 10.3. The van der Waals surface area contributed by atoms with Crippen molar-refractivity contribution in [2.75, 3.05) is 37.6 Å². The largest absolute Gasteiger partial charge is 0.352 e. The molecule has 1 aromatic carbocycles. The number of fused-ring (bicyclic) bond motifs is 1. The number of benzene rings is 1. The molecule has 2 amide bonds. The zero-order valence-corrected chi connectivity index (χ0v) is 17.7. The quantitative estimate of drug-likeness (QED) is 0.780. The van der Waals surface area contributed by atoms with Crippen LogP contribution in [-0.4, -0.2) is 69.8 Å². The van der Waals surface area contributed by atoms with Gasteiger partial charge in [-0.2, -0.15) is 0 Å². The summed E-state index contributed by atoms with van der Waals surface area (Å²) in [6.07, 6.45) is 0.325. The van der Waals surface area contributed by atoms with Crippen LogP contribution in [-0.2, 0) is 9.59 Å². The van der Waals surface area contributed by atoms with E-state index in [1.165, 1.54) is 0 Å². The van der Waals surface area contributed by atoms with Crippen LogP contribution in [0.1, 0.15) is 32.9 Å². The van der Waals surface area contributed by atoms with Crippen molar-refractivity contribution in [3.05, 3.63) is 30.0 Å². The molecule has 2 aliphatic rings. The number of nitrogens with zero attached hydrogens (tertiary/aromatic N) is 5. The molecule has 7 heteroatoms. The normalized spacial score (nSPS) is 20.6. The van der Waals surface area contributed by atoms with Crippen molar-refractivity contribution in [1.82, 2.24) is 19.8 Å². The van der Waals surface area contributed by atoms with Gasteiger partial charge in [-0.05, 0) is 39.8 Å². The van der Waals surface area contributed by atoms with Gasteiger partial charge in [0.2, 0.25) is 11.8 Å². The molecular formula is C22H29N5O2. The Morgan fingerprint density at radius 3 is 2.24 bits per heavy atom. The van der Waals surface area contributed by atoms with Crippen LogP contribution < -0.4 is 4.90 Å². The molecule has 2 aromatic rings. The lowest BCUT2D eigenvalue weighted by atomic mass is 10.1. The second-order valence-corrected chi connectivity index (χ2v) is 9.01. The molecule has 7 nitrogen and oxygen atoms in total. The van der Waals surface area contributed by atoms with Gasteiger partial charge in [0.05, 0.1) is 22.6 Å². The van der Waals surface area contributed by atoms with Crippen molar-refractivity contribution in [3.8, 4) is 0 Å². The predicted octanol–water partition coefficient (Wildman–Crippen LogP) is 2.23. The van der Waals surface area contributed by atoms with Crippen LogP contribution in [0.25, 0.3) is 11.0 Å². The van der Waals surface area contributed by atoms with Crippen LogP contribution >= 0.6 is 0 Å². The summed E-state index contributed by atoms with van der Waals surface area (Å²) in [6.45, 7) is 11.3. The van der Waals surface area contributed by atoms with Gasteiger partial charge in [0, 0.05) is 44.7 Å². The van der Waals surface area contributed by atoms with E-state index >= 15 is 0 Å². The van der Waals surface area contributed by atoms with E-state index < -0.39 is 0 Å². The number of piperazine rings is 1. The molecule has 1 unspecified atom stereocenters. The van der Waals surface area contributed by atoms with Gasteiger partial charge in [-0.1, -0.05) is 12.1 Å². The van der Waals surface area contributed by atoms with Gasteiger partial charge < -0.3 is 14.7 Å². The molecule has 0 saturated carbocycles. The maximum atomic E-state index is 13.0. The summed E-state index contributed by atoms with van der Waals surface area (Å²) < 4.78 is 0. The number of hydrogen-bond donors (Lipinski definition) is 0. The molecule has 0 aliphatic carbocycles. The number of carbonyl (C=O) groups is 2. The fraction of sp³-hybridized carbons (Fsp3) is 0.545. The molecule has 4 rings (SSSR count). The first-order valence-corrected chi connectivity index (χ1v) is 10.3. The van der Waals surface area contributed by atoms with Gasteiger partial charge in [-0.15, -0.1) is 0 Å². The Bertz CT molecular complexity index is 944. The molecule has 3 heterocycles. The lowest BCUT2D eigenvalue weighted by Gasteiger charge is -2.37. The van der Waals surface area contributed by atoms with E-state index in [4.69, 9.17) is 4.98 Å². The molecule has 2 saturated heterocycles. The fourth-order valence-corrected chi connectivity index (χ4v) is 4.30. The van der Waals surface area contributed by atoms with Crippen LogP contribution in [0, 0.1) is 12.8 Å². The Kier molecular flexibility index (Phi) is 4.92. The van der Waals surface area contributed by atoms with E-state index in [0.717, 1.165) is 35.6 Å².